The molecule has 0 bridgehead atoms. The number of nitrogens with one attached hydrogen (secondary N) is 1. The minimum Gasteiger partial charge on any atom is -0.476 e. The molecule has 1 fully saturated rings. The number of aromatic nitrogens is 1. The van der Waals surface area contributed by atoms with Gasteiger partial charge in [0.05, 0.1) is 13.2 Å². The molecular weight excluding hydrogens is 304 g/mol. The molecule has 6 nitrogen and oxygen atoms in total. The normalized spacial score (nSPS) is 15.3. The average Bonchev–Trinajstić information content (AvgIpc) is 2.62. The maximum absolute atomic E-state index is 5.94. The summed E-state index contributed by atoms with van der Waals surface area (Å²) in [4.78, 5) is 9.30. The van der Waals surface area contributed by atoms with Crippen LogP contribution in [0.4, 0.5) is 11.5 Å². The molecule has 6 heteroatoms. The minimum atomic E-state index is 0.654. The Labute approximate surface area is 146 Å². The van der Waals surface area contributed by atoms with Crippen molar-refractivity contribution in [1.82, 2.24) is 9.88 Å². The summed E-state index contributed by atoms with van der Waals surface area (Å²) in [7, 11) is 1.90. The molecular formula is C18H32N4O2. The third kappa shape index (κ3) is 5.83. The highest BCUT2D eigenvalue weighted by atomic mass is 16.5. The first-order valence-corrected chi connectivity index (χ1v) is 9.14. The molecule has 136 valence electrons. The molecule has 0 aliphatic carbocycles. The molecule has 0 spiro atoms. The summed E-state index contributed by atoms with van der Waals surface area (Å²) in [5, 5.41) is 3.14. The molecule has 0 amide bonds. The SMILES string of the molecule is CCCN(CCC)c1cc(NC)nc(OCCN2CCOCC2)c1. The first kappa shape index (κ1) is 18.8. The maximum atomic E-state index is 5.94. The van der Waals surface area contributed by atoms with Crippen LogP contribution >= 0.6 is 0 Å². The van der Waals surface area contributed by atoms with Crippen molar-refractivity contribution in [3.8, 4) is 5.88 Å². The van der Waals surface area contributed by atoms with Gasteiger partial charge >= 0.3 is 0 Å². The van der Waals surface area contributed by atoms with Gasteiger partial charge in [0.15, 0.2) is 0 Å². The summed E-state index contributed by atoms with van der Waals surface area (Å²) in [5.74, 6) is 1.55. The van der Waals surface area contributed by atoms with Gasteiger partial charge in [-0.3, -0.25) is 4.90 Å². The first-order chi connectivity index (χ1) is 11.8. The number of nitrogens with zero attached hydrogens (tertiary/aromatic N) is 3. The molecule has 0 radical (unpaired) electrons. The number of hydrogen-bond donors (Lipinski definition) is 1. The van der Waals surface area contributed by atoms with E-state index < -0.39 is 0 Å². The second-order valence-corrected chi connectivity index (χ2v) is 6.09. The van der Waals surface area contributed by atoms with E-state index in [1.54, 1.807) is 0 Å². The quantitative estimate of drug-likeness (QED) is 0.708. The molecule has 0 unspecified atom stereocenters. The van der Waals surface area contributed by atoms with Crippen molar-refractivity contribution in [3.05, 3.63) is 12.1 Å². The molecule has 0 aromatic carbocycles. The lowest BCUT2D eigenvalue weighted by molar-refractivity contribution is 0.0320. The highest BCUT2D eigenvalue weighted by Crippen LogP contribution is 2.24. The second-order valence-electron chi connectivity index (χ2n) is 6.09. The zero-order chi connectivity index (χ0) is 17.2. The summed E-state index contributed by atoms with van der Waals surface area (Å²) < 4.78 is 11.3. The van der Waals surface area contributed by atoms with Gasteiger partial charge in [-0.05, 0) is 12.8 Å². The Morgan fingerprint density at radius 2 is 1.92 bits per heavy atom. The van der Waals surface area contributed by atoms with E-state index in [4.69, 9.17) is 9.47 Å². The van der Waals surface area contributed by atoms with Crippen LogP contribution in [-0.4, -0.2) is 69.5 Å². The lowest BCUT2D eigenvalue weighted by Gasteiger charge is -2.27. The van der Waals surface area contributed by atoms with Crippen LogP contribution in [0.25, 0.3) is 0 Å². The molecule has 1 aromatic rings. The summed E-state index contributed by atoms with van der Waals surface area (Å²) in [5.41, 5.74) is 1.18. The highest BCUT2D eigenvalue weighted by molar-refractivity contribution is 5.56. The molecule has 2 heterocycles. The number of morpholine rings is 1. The van der Waals surface area contributed by atoms with Gasteiger partial charge in [0.2, 0.25) is 5.88 Å². The van der Waals surface area contributed by atoms with E-state index in [1.165, 1.54) is 5.69 Å². The smallest absolute Gasteiger partial charge is 0.217 e. The molecule has 0 saturated carbocycles. The van der Waals surface area contributed by atoms with E-state index in [0.717, 1.165) is 64.6 Å². The van der Waals surface area contributed by atoms with Crippen LogP contribution in [0.15, 0.2) is 12.1 Å². The van der Waals surface area contributed by atoms with Crippen LogP contribution in [0.3, 0.4) is 0 Å². The standard InChI is InChI=1S/C18H32N4O2/c1-4-6-22(7-5-2)16-14-17(19-3)20-18(15-16)24-13-10-21-8-11-23-12-9-21/h14-15H,4-13H2,1-3H3,(H,19,20). The van der Waals surface area contributed by atoms with Gasteiger partial charge in [0.25, 0.3) is 0 Å². The van der Waals surface area contributed by atoms with Crippen molar-refractivity contribution in [2.24, 2.45) is 0 Å². The Kier molecular flexibility index (Phi) is 8.12. The molecule has 2 rings (SSSR count). The van der Waals surface area contributed by atoms with E-state index in [1.807, 2.05) is 7.05 Å². The van der Waals surface area contributed by atoms with Gasteiger partial charge in [-0.15, -0.1) is 0 Å². The molecule has 24 heavy (non-hydrogen) atoms. The van der Waals surface area contributed by atoms with Crippen LogP contribution in [0.2, 0.25) is 0 Å². The van der Waals surface area contributed by atoms with E-state index in [0.29, 0.717) is 12.5 Å². The summed E-state index contributed by atoms with van der Waals surface area (Å²) in [6, 6.07) is 4.16. The van der Waals surface area contributed by atoms with Crippen molar-refractivity contribution in [2.75, 3.05) is 69.8 Å². The van der Waals surface area contributed by atoms with E-state index in [2.05, 4.69) is 46.1 Å². The lowest BCUT2D eigenvalue weighted by Crippen LogP contribution is -2.38. The molecule has 1 aliphatic heterocycles. The molecule has 0 atom stereocenters. The lowest BCUT2D eigenvalue weighted by atomic mass is 10.3. The number of ether oxygens (including phenoxy) is 2. The van der Waals surface area contributed by atoms with Crippen LogP contribution in [0.5, 0.6) is 5.88 Å². The van der Waals surface area contributed by atoms with Crippen LogP contribution < -0.4 is 15.0 Å². The molecule has 1 saturated heterocycles. The van der Waals surface area contributed by atoms with E-state index in [-0.39, 0.29) is 0 Å². The van der Waals surface area contributed by atoms with Gasteiger partial charge in [-0.25, -0.2) is 0 Å². The third-order valence-corrected chi connectivity index (χ3v) is 4.16. The van der Waals surface area contributed by atoms with Crippen LogP contribution in [0, 0.1) is 0 Å². The number of hydrogen-bond acceptors (Lipinski definition) is 6. The van der Waals surface area contributed by atoms with Gasteiger partial charge in [0, 0.05) is 57.6 Å². The van der Waals surface area contributed by atoms with Gasteiger partial charge in [-0.1, -0.05) is 13.8 Å². The fourth-order valence-corrected chi connectivity index (χ4v) is 2.89. The summed E-state index contributed by atoms with van der Waals surface area (Å²) in [6.07, 6.45) is 2.26. The van der Waals surface area contributed by atoms with Gasteiger partial charge < -0.3 is 19.7 Å². The fraction of sp³-hybridized carbons (Fsp3) is 0.722. The molecule has 1 aromatic heterocycles. The Bertz CT molecular complexity index is 472. The predicted octanol–water partition coefficient (Wildman–Crippen LogP) is 2.46. The molecule has 1 N–H and O–H groups in total. The minimum absolute atomic E-state index is 0.654. The third-order valence-electron chi connectivity index (χ3n) is 4.16. The van der Waals surface area contributed by atoms with Crippen molar-refractivity contribution >= 4 is 11.5 Å². The Hall–Kier alpha value is -1.53. The topological polar surface area (TPSA) is 49.9 Å². The highest BCUT2D eigenvalue weighted by Gasteiger charge is 2.12. The maximum Gasteiger partial charge on any atom is 0.217 e. The van der Waals surface area contributed by atoms with Gasteiger partial charge in [0.1, 0.15) is 12.4 Å². The summed E-state index contributed by atoms with van der Waals surface area (Å²) >= 11 is 0. The zero-order valence-electron chi connectivity index (χ0n) is 15.4. The number of pyridine rings is 1. The predicted molar refractivity (Wildman–Crippen MR) is 99.3 cm³/mol. The monoisotopic (exact) mass is 336 g/mol. The zero-order valence-corrected chi connectivity index (χ0v) is 15.4. The van der Waals surface area contributed by atoms with E-state index >= 15 is 0 Å². The van der Waals surface area contributed by atoms with E-state index in [9.17, 15) is 0 Å². The van der Waals surface area contributed by atoms with Crippen molar-refractivity contribution in [3.63, 3.8) is 0 Å². The summed E-state index contributed by atoms with van der Waals surface area (Å²) in [6.45, 7) is 11.7. The number of anilines is 2. The van der Waals surface area contributed by atoms with Crippen molar-refractivity contribution in [2.45, 2.75) is 26.7 Å². The second kappa shape index (κ2) is 10.4. The fourth-order valence-electron chi connectivity index (χ4n) is 2.89. The average molecular weight is 336 g/mol. The first-order valence-electron chi connectivity index (χ1n) is 9.14. The van der Waals surface area contributed by atoms with Crippen molar-refractivity contribution in [1.29, 1.82) is 0 Å². The largest absolute Gasteiger partial charge is 0.476 e. The van der Waals surface area contributed by atoms with Crippen LogP contribution in [0.1, 0.15) is 26.7 Å². The Balaban J connectivity index is 1.98. The van der Waals surface area contributed by atoms with Gasteiger partial charge in [-0.2, -0.15) is 4.98 Å². The van der Waals surface area contributed by atoms with Crippen molar-refractivity contribution < 1.29 is 9.47 Å². The van der Waals surface area contributed by atoms with Crippen LogP contribution in [-0.2, 0) is 4.74 Å². The Morgan fingerprint density at radius 1 is 1.21 bits per heavy atom. The molecule has 1 aliphatic rings. The number of rotatable bonds is 10. The Morgan fingerprint density at radius 3 is 2.54 bits per heavy atom.